The van der Waals surface area contributed by atoms with Gasteiger partial charge >= 0.3 is 0 Å². The minimum absolute atomic E-state index is 0. The molecule has 9 rings (SSSR count). The highest BCUT2D eigenvalue weighted by atomic mass is 127. The van der Waals surface area contributed by atoms with Gasteiger partial charge in [-0.2, -0.15) is 0 Å². The van der Waals surface area contributed by atoms with Gasteiger partial charge in [0, 0.05) is 89.4 Å². The zero-order valence-corrected chi connectivity index (χ0v) is 61.4. The third-order valence-corrected chi connectivity index (χ3v) is 21.7. The molecule has 0 bridgehead atoms. The van der Waals surface area contributed by atoms with E-state index in [-0.39, 0.29) is 7.43 Å². The maximum atomic E-state index is 4.28. The number of halogens is 8. The van der Waals surface area contributed by atoms with Gasteiger partial charge in [0.15, 0.2) is 0 Å². The smallest absolute Gasteiger partial charge is 0.0929 e. The quantitative estimate of drug-likeness (QED) is 0.109. The Morgan fingerprint density at radius 2 is 0.525 bits per heavy atom. The highest BCUT2D eigenvalue weighted by molar-refractivity contribution is 14.1. The highest BCUT2D eigenvalue weighted by Gasteiger charge is 2.12. The molecule has 0 amide bonds. The van der Waals surface area contributed by atoms with Crippen LogP contribution in [0.1, 0.15) is 106 Å². The maximum absolute atomic E-state index is 4.28. The van der Waals surface area contributed by atoms with Gasteiger partial charge in [0.1, 0.15) is 0 Å². The van der Waals surface area contributed by atoms with Gasteiger partial charge in [-0.05, 0) is 365 Å². The van der Waals surface area contributed by atoms with Gasteiger partial charge in [0.05, 0.1) is 16.9 Å². The molecule has 0 aliphatic rings. The molecule has 0 atom stereocenters. The molecule has 7 aromatic carbocycles. The lowest BCUT2D eigenvalue weighted by Gasteiger charge is -1.98. The molecule has 2 heterocycles. The topological polar surface area (TPSA) is 12.9 Å². The number of aryl methyl sites for hydroxylation is 6. The highest BCUT2D eigenvalue weighted by Crippen LogP contribution is 2.31. The predicted octanol–water partition coefficient (Wildman–Crippen LogP) is 20.2. The van der Waals surface area contributed by atoms with Crippen LogP contribution >= 0.6 is 192 Å². The largest absolute Gasteiger partial charge is 0.262 e. The van der Waals surface area contributed by atoms with Crippen molar-refractivity contribution in [1.29, 1.82) is 0 Å². The summed E-state index contributed by atoms with van der Waals surface area (Å²) in [5, 5.41) is 0. The third-order valence-electron chi connectivity index (χ3n) is 11.1. The molecular formula is C70H47I8NS. The SMILES string of the molecule is C.Cc1ccc(I)c(C#Cc2cccc(C#Cc3cc(C)ccc3I)c2)c1.Cc1ccc(I)c(C#Cc2cncc(C#Cc3cc(C)ccc3I)c2)c1.Cc1ccc(I)c(C#Cc2sc(C#Cc3cc(C)ccc3I)c(I)c2I)c1. The second-order valence-corrected chi connectivity index (χ2v) is 28.0. The van der Waals surface area contributed by atoms with Crippen molar-refractivity contribution in [2.45, 2.75) is 49.0 Å². The van der Waals surface area contributed by atoms with Gasteiger partial charge in [-0.3, -0.25) is 4.98 Å². The summed E-state index contributed by atoms with van der Waals surface area (Å²) in [6, 6.07) is 48.1. The van der Waals surface area contributed by atoms with Crippen molar-refractivity contribution in [2.75, 3.05) is 0 Å². The van der Waals surface area contributed by atoms with Crippen LogP contribution < -0.4 is 0 Å². The van der Waals surface area contributed by atoms with E-state index in [0.29, 0.717) is 0 Å². The van der Waals surface area contributed by atoms with Crippen molar-refractivity contribution < 1.29 is 0 Å². The first kappa shape index (κ1) is 65.7. The summed E-state index contributed by atoms with van der Waals surface area (Å²) in [6.45, 7) is 12.5. The second-order valence-electron chi connectivity index (χ2n) is 17.8. The molecule has 0 aliphatic heterocycles. The summed E-state index contributed by atoms with van der Waals surface area (Å²) in [5.74, 6) is 39.4. The fourth-order valence-corrected chi connectivity index (χ4v) is 12.5. The number of thiophene rings is 1. The first-order chi connectivity index (χ1) is 37.9. The zero-order chi connectivity index (χ0) is 56.6. The number of hydrogen-bond acceptors (Lipinski definition) is 2. The van der Waals surface area contributed by atoms with Crippen LogP contribution in [0, 0.1) is 141 Å². The molecule has 0 radical (unpaired) electrons. The Labute approximate surface area is 587 Å². The summed E-state index contributed by atoms with van der Waals surface area (Å²) in [6.07, 6.45) is 3.55. The minimum Gasteiger partial charge on any atom is -0.262 e. The molecule has 394 valence electrons. The zero-order valence-electron chi connectivity index (χ0n) is 43.3. The van der Waals surface area contributed by atoms with Gasteiger partial charge < -0.3 is 0 Å². The monoisotopic (exact) mass is 1950 g/mol. The molecule has 80 heavy (non-hydrogen) atoms. The number of rotatable bonds is 0. The Hall–Kier alpha value is -3.41. The summed E-state index contributed by atoms with van der Waals surface area (Å²) in [4.78, 5) is 6.45. The Bertz CT molecular complexity index is 3760. The van der Waals surface area contributed by atoms with E-state index < -0.39 is 0 Å². The van der Waals surface area contributed by atoms with Crippen LogP contribution in [0.25, 0.3) is 0 Å². The van der Waals surface area contributed by atoms with Crippen LogP contribution in [0.5, 0.6) is 0 Å². The van der Waals surface area contributed by atoms with Crippen molar-refractivity contribution in [1.82, 2.24) is 4.98 Å². The molecule has 0 aliphatic carbocycles. The Kier molecular flexibility index (Phi) is 26.8. The van der Waals surface area contributed by atoms with Crippen molar-refractivity contribution in [2.24, 2.45) is 0 Å². The molecule has 2 aromatic heterocycles. The van der Waals surface area contributed by atoms with Gasteiger partial charge in [0.2, 0.25) is 0 Å². The Morgan fingerprint density at radius 1 is 0.287 bits per heavy atom. The lowest BCUT2D eigenvalue weighted by atomic mass is 10.1. The van der Waals surface area contributed by atoms with Gasteiger partial charge in [-0.25, -0.2) is 0 Å². The van der Waals surface area contributed by atoms with Gasteiger partial charge in [0.25, 0.3) is 0 Å². The summed E-state index contributed by atoms with van der Waals surface area (Å²) in [5.41, 5.74) is 17.4. The van der Waals surface area contributed by atoms with E-state index in [0.717, 1.165) is 72.5 Å². The molecule has 9 aromatic rings. The van der Waals surface area contributed by atoms with E-state index in [1.807, 2.05) is 30.3 Å². The van der Waals surface area contributed by atoms with E-state index in [4.69, 9.17) is 0 Å². The summed E-state index contributed by atoms with van der Waals surface area (Å²) < 4.78 is 9.39. The maximum Gasteiger partial charge on any atom is 0.0929 e. The number of nitrogens with zero attached hydrogens (tertiary/aromatic N) is 1. The molecular weight excluding hydrogens is 1900 g/mol. The van der Waals surface area contributed by atoms with Gasteiger partial charge in [-0.1, -0.05) is 109 Å². The van der Waals surface area contributed by atoms with E-state index in [9.17, 15) is 0 Å². The van der Waals surface area contributed by atoms with Crippen LogP contribution in [-0.4, -0.2) is 4.98 Å². The second kappa shape index (κ2) is 32.6. The molecule has 0 spiro atoms. The van der Waals surface area contributed by atoms with Crippen molar-refractivity contribution in [3.63, 3.8) is 0 Å². The predicted molar refractivity (Wildman–Crippen MR) is 406 cm³/mol. The van der Waals surface area contributed by atoms with Crippen LogP contribution in [0.4, 0.5) is 0 Å². The minimum atomic E-state index is 0. The van der Waals surface area contributed by atoms with E-state index >= 15 is 0 Å². The first-order valence-corrected chi connectivity index (χ1v) is 33.5. The van der Waals surface area contributed by atoms with Crippen molar-refractivity contribution >= 4 is 192 Å². The number of aromatic nitrogens is 1. The molecule has 0 fully saturated rings. The van der Waals surface area contributed by atoms with E-state index in [2.05, 4.69) is 407 Å². The van der Waals surface area contributed by atoms with E-state index in [1.165, 1.54) is 54.8 Å². The normalized spacial score (nSPS) is 9.68. The Balaban J connectivity index is 0.000000192. The fourth-order valence-electron chi connectivity index (χ4n) is 7.02. The molecule has 1 nitrogen and oxygen atoms in total. The van der Waals surface area contributed by atoms with Gasteiger partial charge in [-0.15, -0.1) is 11.3 Å². The molecule has 0 saturated heterocycles. The van der Waals surface area contributed by atoms with Crippen LogP contribution in [0.15, 0.2) is 152 Å². The fraction of sp³-hybridized carbons (Fsp3) is 0.100. The number of hydrogen-bond donors (Lipinski definition) is 0. The standard InChI is InChI=1S/C24H16I2.C23H15I2N.C22H12I4S.CH4/c1-17-6-12-23(25)21(14-17)10-8-19-4-3-5-20(16-19)9-11-22-15-18(2)7-13-24(22)26;1-16-3-9-22(24)20(11-16)7-5-18-13-19(15-26-14-18)6-8-21-12-17(2)4-10-23(21)25;1-13-3-7-17(23)15(11-13)5-9-19-21(25)22(26)20(27-19)10-6-16-12-14(2)4-8-18(16)24;/h3-7,12-16H,1-2H3;3-4,9-15H,1-2H3;3-4,7-8,11-12H,1-2H3;1H4. The van der Waals surface area contributed by atoms with Crippen LogP contribution in [0.3, 0.4) is 0 Å². The average molecular weight is 1950 g/mol. The molecule has 0 N–H and O–H groups in total. The van der Waals surface area contributed by atoms with Crippen molar-refractivity contribution in [3.05, 3.63) is 279 Å². The molecule has 10 heteroatoms. The number of benzene rings is 7. The van der Waals surface area contributed by atoms with E-state index in [1.54, 1.807) is 23.7 Å². The average Bonchev–Trinajstić information content (AvgIpc) is 3.70. The number of pyridine rings is 1. The lowest BCUT2D eigenvalue weighted by Crippen LogP contribution is -1.86. The van der Waals surface area contributed by atoms with Crippen molar-refractivity contribution in [3.8, 4) is 71.0 Å². The first-order valence-electron chi connectivity index (χ1n) is 24.1. The van der Waals surface area contributed by atoms with Crippen LogP contribution in [0.2, 0.25) is 0 Å². The lowest BCUT2D eigenvalue weighted by molar-refractivity contribution is 1.30. The summed E-state index contributed by atoms with van der Waals surface area (Å²) >= 11 is 20.4. The Morgan fingerprint density at radius 3 is 0.800 bits per heavy atom. The third kappa shape index (κ3) is 20.4. The molecule has 0 unspecified atom stereocenters. The molecule has 0 saturated carbocycles. The van der Waals surface area contributed by atoms with Crippen LogP contribution in [-0.2, 0) is 0 Å². The summed E-state index contributed by atoms with van der Waals surface area (Å²) in [7, 11) is 0.